The Morgan fingerprint density at radius 3 is 1.86 bits per heavy atom. The number of hydrogen-bond donors (Lipinski definition) is 1. The molecule has 0 unspecified atom stereocenters. The second-order valence-electron chi connectivity index (χ2n) is 11.4. The highest BCUT2D eigenvalue weighted by Crippen LogP contribution is 2.44. The Morgan fingerprint density at radius 1 is 0.465 bits per heavy atom. The number of aromatic amines is 1. The molecule has 10 aromatic rings. The molecular weight excluding hydrogens is 524 g/mol. The van der Waals surface area contributed by atoms with Gasteiger partial charge in [-0.2, -0.15) is 0 Å². The zero-order chi connectivity index (χ0) is 28.1. The van der Waals surface area contributed by atoms with Gasteiger partial charge in [-0.25, -0.2) is 0 Å². The Hall–Kier alpha value is -5.80. The van der Waals surface area contributed by atoms with Crippen molar-refractivity contribution in [3.05, 3.63) is 140 Å². The van der Waals surface area contributed by atoms with Crippen LogP contribution in [-0.4, -0.2) is 9.55 Å². The number of H-pyrrole nitrogens is 1. The molecule has 0 fully saturated rings. The Bertz CT molecular complexity index is 2670. The zero-order valence-corrected chi connectivity index (χ0v) is 23.1. The number of para-hydroxylation sites is 2. The van der Waals surface area contributed by atoms with Crippen molar-refractivity contribution in [2.75, 3.05) is 0 Å². The van der Waals surface area contributed by atoms with Crippen molar-refractivity contribution >= 4 is 76.3 Å². The van der Waals surface area contributed by atoms with E-state index in [4.69, 9.17) is 4.42 Å². The summed E-state index contributed by atoms with van der Waals surface area (Å²) in [6.07, 6.45) is 0. The minimum Gasteiger partial charge on any atom is -0.454 e. The third-order valence-corrected chi connectivity index (χ3v) is 9.11. The van der Waals surface area contributed by atoms with E-state index in [0.717, 1.165) is 38.7 Å². The van der Waals surface area contributed by atoms with E-state index in [1.54, 1.807) is 0 Å². The molecule has 0 bridgehead atoms. The van der Waals surface area contributed by atoms with E-state index in [0.29, 0.717) is 0 Å². The van der Waals surface area contributed by atoms with Gasteiger partial charge < -0.3 is 14.0 Å². The SMILES string of the molecule is c1ccc(-c2ccc3[nH]c4c5oc6ccc(-n7c8ccccc8c8ccccc87)cc6c5c5ccccc5c4c3c2)cc1. The lowest BCUT2D eigenvalue weighted by Gasteiger charge is -2.08. The molecule has 3 aromatic heterocycles. The Kier molecular flexibility index (Phi) is 4.45. The van der Waals surface area contributed by atoms with E-state index < -0.39 is 0 Å². The predicted octanol–water partition coefficient (Wildman–Crippen LogP) is 11.1. The summed E-state index contributed by atoms with van der Waals surface area (Å²) >= 11 is 0. The third kappa shape index (κ3) is 3.08. The fourth-order valence-corrected chi connectivity index (χ4v) is 7.24. The fourth-order valence-electron chi connectivity index (χ4n) is 7.24. The van der Waals surface area contributed by atoms with E-state index in [-0.39, 0.29) is 0 Å². The van der Waals surface area contributed by atoms with Gasteiger partial charge in [0.25, 0.3) is 0 Å². The van der Waals surface area contributed by atoms with Crippen LogP contribution in [0.3, 0.4) is 0 Å². The van der Waals surface area contributed by atoms with Crippen molar-refractivity contribution in [1.82, 2.24) is 9.55 Å². The lowest BCUT2D eigenvalue weighted by molar-refractivity contribution is 0.672. The van der Waals surface area contributed by atoms with Gasteiger partial charge in [-0.05, 0) is 64.4 Å². The molecule has 43 heavy (non-hydrogen) atoms. The molecule has 3 heterocycles. The van der Waals surface area contributed by atoms with Crippen LogP contribution in [0.2, 0.25) is 0 Å². The highest BCUT2D eigenvalue weighted by atomic mass is 16.3. The molecule has 10 rings (SSSR count). The van der Waals surface area contributed by atoms with Crippen LogP contribution >= 0.6 is 0 Å². The smallest absolute Gasteiger partial charge is 0.160 e. The first-order valence-electron chi connectivity index (χ1n) is 14.7. The van der Waals surface area contributed by atoms with Crippen LogP contribution in [0.25, 0.3) is 93.1 Å². The van der Waals surface area contributed by atoms with Gasteiger partial charge in [0.1, 0.15) is 5.58 Å². The van der Waals surface area contributed by atoms with Crippen LogP contribution in [0.5, 0.6) is 0 Å². The average molecular weight is 549 g/mol. The quantitative estimate of drug-likeness (QED) is 0.229. The van der Waals surface area contributed by atoms with Gasteiger partial charge >= 0.3 is 0 Å². The first kappa shape index (κ1) is 22.8. The maximum Gasteiger partial charge on any atom is 0.160 e. The highest BCUT2D eigenvalue weighted by molar-refractivity contribution is 6.34. The summed E-state index contributed by atoms with van der Waals surface area (Å²) in [4.78, 5) is 3.74. The maximum absolute atomic E-state index is 6.73. The van der Waals surface area contributed by atoms with Crippen molar-refractivity contribution in [2.24, 2.45) is 0 Å². The molecule has 0 radical (unpaired) electrons. The van der Waals surface area contributed by atoms with Crippen LogP contribution in [0.15, 0.2) is 144 Å². The van der Waals surface area contributed by atoms with Gasteiger partial charge in [-0.3, -0.25) is 0 Å². The van der Waals surface area contributed by atoms with E-state index in [1.165, 1.54) is 54.5 Å². The fraction of sp³-hybridized carbons (Fsp3) is 0. The lowest BCUT2D eigenvalue weighted by Crippen LogP contribution is -1.93. The average Bonchev–Trinajstić information content (AvgIpc) is 3.75. The van der Waals surface area contributed by atoms with Crippen molar-refractivity contribution in [3.8, 4) is 16.8 Å². The summed E-state index contributed by atoms with van der Waals surface area (Å²) in [5.74, 6) is 0. The molecule has 3 nitrogen and oxygen atoms in total. The summed E-state index contributed by atoms with van der Waals surface area (Å²) in [6, 6.07) is 50.0. The summed E-state index contributed by atoms with van der Waals surface area (Å²) < 4.78 is 9.10. The van der Waals surface area contributed by atoms with Crippen LogP contribution in [0, 0.1) is 0 Å². The number of nitrogens with one attached hydrogen (secondary N) is 1. The standard InChI is InChI=1S/C40H24N2O/c1-2-10-24(11-3-1)25-18-20-33-31(22-25)37-29-14-4-5-15-30(29)38-32-23-26(19-21-36(32)43-40(38)39(37)41-33)42-34-16-8-6-12-27(34)28-13-7-9-17-35(28)42/h1-23,41H. The van der Waals surface area contributed by atoms with E-state index in [2.05, 4.69) is 149 Å². The molecule has 0 aliphatic heterocycles. The van der Waals surface area contributed by atoms with Gasteiger partial charge in [0, 0.05) is 43.5 Å². The summed E-state index contributed by atoms with van der Waals surface area (Å²) in [7, 11) is 0. The van der Waals surface area contributed by atoms with Crippen LogP contribution < -0.4 is 0 Å². The van der Waals surface area contributed by atoms with Gasteiger partial charge in [-0.15, -0.1) is 0 Å². The summed E-state index contributed by atoms with van der Waals surface area (Å²) in [5.41, 5.74) is 9.90. The third-order valence-electron chi connectivity index (χ3n) is 9.11. The van der Waals surface area contributed by atoms with E-state index in [9.17, 15) is 0 Å². The van der Waals surface area contributed by atoms with Gasteiger partial charge in [0.05, 0.1) is 16.6 Å². The molecule has 200 valence electrons. The second kappa shape index (κ2) is 8.37. The maximum atomic E-state index is 6.73. The molecular formula is C40H24N2O. The molecule has 0 amide bonds. The van der Waals surface area contributed by atoms with Crippen molar-refractivity contribution in [2.45, 2.75) is 0 Å². The van der Waals surface area contributed by atoms with Gasteiger partial charge in [-0.1, -0.05) is 97.1 Å². The molecule has 0 aliphatic rings. The van der Waals surface area contributed by atoms with Crippen molar-refractivity contribution < 1.29 is 4.42 Å². The first-order chi connectivity index (χ1) is 21.3. The summed E-state index contributed by atoms with van der Waals surface area (Å²) in [5, 5.41) is 9.64. The normalized spacial score (nSPS) is 12.2. The topological polar surface area (TPSA) is 33.9 Å². The van der Waals surface area contributed by atoms with Gasteiger partial charge in [0.2, 0.25) is 0 Å². The minimum atomic E-state index is 0.890. The van der Waals surface area contributed by atoms with Crippen molar-refractivity contribution in [1.29, 1.82) is 0 Å². The lowest BCUT2D eigenvalue weighted by atomic mass is 9.97. The highest BCUT2D eigenvalue weighted by Gasteiger charge is 2.20. The minimum absolute atomic E-state index is 0.890. The molecule has 1 N–H and O–H groups in total. The van der Waals surface area contributed by atoms with Crippen molar-refractivity contribution in [3.63, 3.8) is 0 Å². The molecule has 3 heteroatoms. The zero-order valence-electron chi connectivity index (χ0n) is 23.1. The largest absolute Gasteiger partial charge is 0.454 e. The molecule has 0 atom stereocenters. The van der Waals surface area contributed by atoms with E-state index in [1.807, 2.05) is 0 Å². The molecule has 0 saturated heterocycles. The molecule has 0 saturated carbocycles. The number of hydrogen-bond acceptors (Lipinski definition) is 1. The molecule has 0 spiro atoms. The van der Waals surface area contributed by atoms with E-state index >= 15 is 0 Å². The number of rotatable bonds is 2. The van der Waals surface area contributed by atoms with Crippen LogP contribution in [0.4, 0.5) is 0 Å². The van der Waals surface area contributed by atoms with Crippen LogP contribution in [0.1, 0.15) is 0 Å². The summed E-state index contributed by atoms with van der Waals surface area (Å²) in [6.45, 7) is 0. The molecule has 0 aliphatic carbocycles. The number of fused-ring (bicyclic) bond motifs is 13. The first-order valence-corrected chi connectivity index (χ1v) is 14.7. The predicted molar refractivity (Wildman–Crippen MR) is 180 cm³/mol. The number of aromatic nitrogens is 2. The van der Waals surface area contributed by atoms with Gasteiger partial charge in [0.15, 0.2) is 5.58 Å². The Balaban J connectivity index is 1.31. The Labute approximate surface area is 246 Å². The number of nitrogens with zero attached hydrogens (tertiary/aromatic N) is 1. The number of furan rings is 1. The van der Waals surface area contributed by atoms with Crippen LogP contribution in [-0.2, 0) is 0 Å². The number of benzene rings is 7. The Morgan fingerprint density at radius 2 is 1.12 bits per heavy atom. The second-order valence-corrected chi connectivity index (χ2v) is 11.4. The molecule has 7 aromatic carbocycles. The monoisotopic (exact) mass is 548 g/mol.